The van der Waals surface area contributed by atoms with Gasteiger partial charge >= 0.3 is 17.9 Å². The maximum Gasteiger partial charge on any atom is 0.343 e. The molecule has 0 saturated heterocycles. The van der Waals surface area contributed by atoms with Crippen LogP contribution in [0.3, 0.4) is 0 Å². The third kappa shape index (κ3) is 9.96. The highest BCUT2D eigenvalue weighted by atomic mass is 16.6. The number of rotatable bonds is 15. The minimum Gasteiger partial charge on any atom is -0.494 e. The number of hydrogen-bond acceptors (Lipinski definition) is 8. The molecule has 230 valence electrons. The first-order chi connectivity index (χ1) is 21.8. The third-order valence-corrected chi connectivity index (χ3v) is 6.50. The van der Waals surface area contributed by atoms with Crippen molar-refractivity contribution in [1.29, 1.82) is 0 Å². The molecule has 0 saturated carbocycles. The number of ether oxygens (including phenoxy) is 5. The fraction of sp³-hybridized carbons (Fsp3) is 0.162. The van der Waals surface area contributed by atoms with Crippen LogP contribution in [0.2, 0.25) is 0 Å². The lowest BCUT2D eigenvalue weighted by Gasteiger charge is -2.09. The van der Waals surface area contributed by atoms with Crippen molar-refractivity contribution >= 4 is 17.9 Å². The van der Waals surface area contributed by atoms with Crippen LogP contribution in [0.15, 0.2) is 122 Å². The molecule has 0 bridgehead atoms. The van der Waals surface area contributed by atoms with E-state index in [2.05, 4.69) is 17.9 Å². The molecule has 0 heterocycles. The van der Waals surface area contributed by atoms with E-state index in [1.54, 1.807) is 43.3 Å². The first kappa shape index (κ1) is 32.3. The van der Waals surface area contributed by atoms with E-state index >= 15 is 0 Å². The molecule has 4 aromatic carbocycles. The van der Waals surface area contributed by atoms with Crippen molar-refractivity contribution in [1.82, 2.24) is 0 Å². The lowest BCUT2D eigenvalue weighted by atomic mass is 10.0. The van der Waals surface area contributed by atoms with Crippen LogP contribution < -0.4 is 14.2 Å². The van der Waals surface area contributed by atoms with Crippen LogP contribution in [0.4, 0.5) is 0 Å². The molecule has 45 heavy (non-hydrogen) atoms. The van der Waals surface area contributed by atoms with E-state index in [1.165, 1.54) is 0 Å². The molecule has 0 aromatic heterocycles. The number of carbonyl (C=O) groups is 3. The van der Waals surface area contributed by atoms with Crippen LogP contribution in [0, 0.1) is 0 Å². The third-order valence-electron chi connectivity index (χ3n) is 6.50. The standard InChI is InChI=1S/C37H34O8/c1-4-41-35(38)6-5-23-42-32-19-15-31(16-20-32)37(40)45-34-21-13-30(14-22-34)28-9-7-27(8-10-28)29-11-17-33(18-12-29)43-24-25-44-36(39)26(2)3/h4,7-22H,1-2,5-6,23-25H2,3H3. The van der Waals surface area contributed by atoms with Crippen LogP contribution in [0.5, 0.6) is 17.2 Å². The Labute approximate surface area is 262 Å². The fourth-order valence-corrected chi connectivity index (χ4v) is 4.14. The van der Waals surface area contributed by atoms with Crippen molar-refractivity contribution in [2.24, 2.45) is 0 Å². The van der Waals surface area contributed by atoms with Gasteiger partial charge in [-0.15, -0.1) is 0 Å². The van der Waals surface area contributed by atoms with E-state index in [9.17, 15) is 14.4 Å². The van der Waals surface area contributed by atoms with Crippen molar-refractivity contribution in [2.75, 3.05) is 19.8 Å². The van der Waals surface area contributed by atoms with Crippen LogP contribution in [0.25, 0.3) is 22.3 Å². The van der Waals surface area contributed by atoms with Crippen LogP contribution >= 0.6 is 0 Å². The van der Waals surface area contributed by atoms with Crippen molar-refractivity contribution in [3.8, 4) is 39.5 Å². The minimum absolute atomic E-state index is 0.156. The Morgan fingerprint density at radius 3 is 1.62 bits per heavy atom. The summed E-state index contributed by atoms with van der Waals surface area (Å²) >= 11 is 0. The van der Waals surface area contributed by atoms with E-state index in [-0.39, 0.29) is 25.6 Å². The van der Waals surface area contributed by atoms with Crippen molar-refractivity contribution in [3.05, 3.63) is 128 Å². The number of hydrogen-bond donors (Lipinski definition) is 0. The summed E-state index contributed by atoms with van der Waals surface area (Å²) in [4.78, 5) is 35.4. The molecule has 0 amide bonds. The molecule has 0 N–H and O–H groups in total. The molecule has 4 aromatic rings. The molecule has 0 radical (unpaired) electrons. The first-order valence-corrected chi connectivity index (χ1v) is 14.3. The molecule has 0 aliphatic carbocycles. The maximum absolute atomic E-state index is 12.6. The average molecular weight is 607 g/mol. The Morgan fingerprint density at radius 2 is 1.11 bits per heavy atom. The fourth-order valence-electron chi connectivity index (χ4n) is 4.14. The van der Waals surface area contributed by atoms with Gasteiger partial charge in [-0.2, -0.15) is 0 Å². The molecular formula is C37H34O8. The first-order valence-electron chi connectivity index (χ1n) is 14.3. The summed E-state index contributed by atoms with van der Waals surface area (Å²) in [5, 5.41) is 0. The maximum atomic E-state index is 12.6. The predicted molar refractivity (Wildman–Crippen MR) is 171 cm³/mol. The van der Waals surface area contributed by atoms with Gasteiger partial charge in [0.1, 0.15) is 30.5 Å². The summed E-state index contributed by atoms with van der Waals surface area (Å²) in [7, 11) is 0. The monoisotopic (exact) mass is 606 g/mol. The normalized spacial score (nSPS) is 10.3. The lowest BCUT2D eigenvalue weighted by molar-refractivity contribution is -0.140. The van der Waals surface area contributed by atoms with E-state index < -0.39 is 11.9 Å². The highest BCUT2D eigenvalue weighted by molar-refractivity contribution is 5.91. The molecule has 0 spiro atoms. The highest BCUT2D eigenvalue weighted by Crippen LogP contribution is 2.28. The van der Waals surface area contributed by atoms with E-state index in [4.69, 9.17) is 18.9 Å². The summed E-state index contributed by atoms with van der Waals surface area (Å²) in [6, 6.07) is 29.8. The summed E-state index contributed by atoms with van der Waals surface area (Å²) < 4.78 is 26.5. The van der Waals surface area contributed by atoms with Crippen LogP contribution in [0.1, 0.15) is 30.1 Å². The quantitative estimate of drug-likeness (QED) is 0.0449. The predicted octanol–water partition coefficient (Wildman–Crippen LogP) is 7.58. The Balaban J connectivity index is 1.24. The number of esters is 3. The molecule has 0 aliphatic rings. The lowest BCUT2D eigenvalue weighted by Crippen LogP contribution is -2.12. The second-order valence-corrected chi connectivity index (χ2v) is 9.91. The van der Waals surface area contributed by atoms with E-state index in [0.29, 0.717) is 41.4 Å². The Morgan fingerprint density at radius 1 is 0.644 bits per heavy atom. The summed E-state index contributed by atoms with van der Waals surface area (Å²) in [6.45, 7) is 9.24. The summed E-state index contributed by atoms with van der Waals surface area (Å²) in [5.74, 6) is 0.437. The average Bonchev–Trinajstić information content (AvgIpc) is 3.06. The van der Waals surface area contributed by atoms with Crippen LogP contribution in [-0.2, 0) is 19.1 Å². The zero-order chi connectivity index (χ0) is 32.0. The number of carbonyl (C=O) groups excluding carboxylic acids is 3. The molecule has 0 fully saturated rings. The zero-order valence-electron chi connectivity index (χ0n) is 25.0. The molecule has 8 heteroatoms. The van der Waals surface area contributed by atoms with Crippen molar-refractivity contribution in [3.63, 3.8) is 0 Å². The van der Waals surface area contributed by atoms with Gasteiger partial charge in [0.2, 0.25) is 0 Å². The smallest absolute Gasteiger partial charge is 0.343 e. The van der Waals surface area contributed by atoms with Gasteiger partial charge in [0, 0.05) is 12.0 Å². The summed E-state index contributed by atoms with van der Waals surface area (Å²) in [5.41, 5.74) is 4.84. The van der Waals surface area contributed by atoms with Gasteiger partial charge in [0.05, 0.1) is 18.4 Å². The van der Waals surface area contributed by atoms with E-state index in [0.717, 1.165) is 28.5 Å². The molecule has 8 nitrogen and oxygen atoms in total. The Kier molecular flexibility index (Phi) is 11.7. The van der Waals surface area contributed by atoms with Gasteiger partial charge in [-0.1, -0.05) is 61.7 Å². The molecule has 0 atom stereocenters. The van der Waals surface area contributed by atoms with Gasteiger partial charge in [-0.3, -0.25) is 4.79 Å². The molecule has 0 aliphatic heterocycles. The Hall–Kier alpha value is -5.63. The van der Waals surface area contributed by atoms with Crippen molar-refractivity contribution in [2.45, 2.75) is 19.8 Å². The van der Waals surface area contributed by atoms with E-state index in [1.807, 2.05) is 60.7 Å². The zero-order valence-corrected chi connectivity index (χ0v) is 25.0. The SMILES string of the molecule is C=COC(=O)CCCOc1ccc(C(=O)Oc2ccc(-c3ccc(-c4ccc(OCCOC(=O)C(=C)C)cc4)cc3)cc2)cc1. The van der Waals surface area contributed by atoms with Crippen molar-refractivity contribution < 1.29 is 38.1 Å². The Bertz CT molecular complexity index is 1600. The summed E-state index contributed by atoms with van der Waals surface area (Å²) in [6.07, 6.45) is 1.83. The van der Waals surface area contributed by atoms with Gasteiger partial charge in [0.15, 0.2) is 0 Å². The van der Waals surface area contributed by atoms with Gasteiger partial charge in [0.25, 0.3) is 0 Å². The topological polar surface area (TPSA) is 97.4 Å². The highest BCUT2D eigenvalue weighted by Gasteiger charge is 2.10. The van der Waals surface area contributed by atoms with Gasteiger partial charge in [-0.05, 0) is 84.1 Å². The molecular weight excluding hydrogens is 572 g/mol. The second-order valence-electron chi connectivity index (χ2n) is 9.91. The molecule has 0 unspecified atom stereocenters. The number of benzene rings is 4. The van der Waals surface area contributed by atoms with Gasteiger partial charge in [-0.25, -0.2) is 9.59 Å². The van der Waals surface area contributed by atoms with Crippen LogP contribution in [-0.4, -0.2) is 37.7 Å². The molecule has 4 rings (SSSR count). The van der Waals surface area contributed by atoms with Gasteiger partial charge < -0.3 is 23.7 Å². The second kappa shape index (κ2) is 16.3. The minimum atomic E-state index is -0.478. The largest absolute Gasteiger partial charge is 0.494 e.